The van der Waals surface area contributed by atoms with Gasteiger partial charge >= 0.3 is 0 Å². The summed E-state index contributed by atoms with van der Waals surface area (Å²) in [7, 11) is -1.32. The molecule has 3 heteroatoms. The van der Waals surface area contributed by atoms with Crippen molar-refractivity contribution in [1.82, 2.24) is 0 Å². The fourth-order valence-corrected chi connectivity index (χ4v) is 8.97. The van der Waals surface area contributed by atoms with Crippen LogP contribution in [0.15, 0.2) is 66.9 Å². The summed E-state index contributed by atoms with van der Waals surface area (Å²) in [5, 5.41) is 5.74. The molecule has 3 aromatic carbocycles. The molecule has 1 nitrogen and oxygen atoms in total. The monoisotopic (exact) mass is 534 g/mol. The molecule has 0 aliphatic carbocycles. The first kappa shape index (κ1) is 25.5. The van der Waals surface area contributed by atoms with Crippen LogP contribution in [-0.2, 0) is 5.41 Å². The minimum atomic E-state index is -1.32. The van der Waals surface area contributed by atoms with E-state index in [0.29, 0.717) is 12.0 Å². The number of pyridine rings is 1. The highest BCUT2D eigenvalue weighted by Crippen LogP contribution is 2.49. The van der Waals surface area contributed by atoms with Gasteiger partial charge in [0.2, 0.25) is 5.69 Å². The number of hydrogen-bond donors (Lipinski definition) is 0. The van der Waals surface area contributed by atoms with Gasteiger partial charge in [-0.05, 0) is 58.4 Å². The fourth-order valence-electron chi connectivity index (χ4n) is 6.43. The van der Waals surface area contributed by atoms with Gasteiger partial charge in [-0.1, -0.05) is 101 Å². The molecule has 0 N–H and O–H groups in total. The van der Waals surface area contributed by atoms with Crippen molar-refractivity contribution in [3.63, 3.8) is 0 Å². The lowest BCUT2D eigenvalue weighted by atomic mass is 9.76. The van der Waals surface area contributed by atoms with Gasteiger partial charge in [0.1, 0.15) is 4.70 Å². The number of aromatic nitrogens is 1. The van der Waals surface area contributed by atoms with Gasteiger partial charge in [-0.25, -0.2) is 0 Å². The average molecular weight is 535 g/mol. The summed E-state index contributed by atoms with van der Waals surface area (Å²) in [5.74, 6) is 0.438. The van der Waals surface area contributed by atoms with Crippen molar-refractivity contribution in [2.45, 2.75) is 78.6 Å². The van der Waals surface area contributed by atoms with Crippen LogP contribution in [-0.4, -0.2) is 8.07 Å². The summed E-state index contributed by atoms with van der Waals surface area (Å²) in [6, 6.07) is 23.8. The normalized spacial score (nSPS) is 17.6. The lowest BCUT2D eigenvalue weighted by Gasteiger charge is -2.31. The number of fused-ring (bicyclic) bond motifs is 7. The van der Waals surface area contributed by atoms with E-state index in [0.717, 1.165) is 0 Å². The molecule has 0 amide bonds. The Morgan fingerprint density at radius 3 is 2.13 bits per heavy atom. The van der Waals surface area contributed by atoms with Crippen LogP contribution in [0.4, 0.5) is 0 Å². The number of rotatable bonds is 2. The molecule has 6 rings (SSSR count). The maximum atomic E-state index is 2.56. The summed E-state index contributed by atoms with van der Waals surface area (Å²) in [4.78, 5) is 1.40. The van der Waals surface area contributed by atoms with Gasteiger partial charge in [0.25, 0.3) is 0 Å². The van der Waals surface area contributed by atoms with Crippen LogP contribution < -0.4 is 9.75 Å². The lowest BCUT2D eigenvalue weighted by Crippen LogP contribution is -2.45. The molecule has 5 aromatic rings. The summed E-state index contributed by atoms with van der Waals surface area (Å²) in [6.45, 7) is 21.4. The van der Waals surface area contributed by atoms with E-state index in [1.165, 1.54) is 64.4 Å². The molecule has 0 saturated heterocycles. The topological polar surface area (TPSA) is 3.88 Å². The highest BCUT2D eigenvalue weighted by molar-refractivity contribution is 7.23. The highest BCUT2D eigenvalue weighted by atomic mass is 32.1. The van der Waals surface area contributed by atoms with Crippen LogP contribution in [0.1, 0.15) is 63.3 Å². The summed E-state index contributed by atoms with van der Waals surface area (Å²) in [6.07, 6.45) is 2.35. The number of benzene rings is 3. The Morgan fingerprint density at radius 1 is 0.842 bits per heavy atom. The van der Waals surface area contributed by atoms with Gasteiger partial charge in [0.05, 0.1) is 13.6 Å². The fraction of sp³-hybridized carbons (Fsp3) is 0.343. The minimum Gasteiger partial charge on any atom is -0.194 e. The van der Waals surface area contributed by atoms with Crippen molar-refractivity contribution >= 4 is 45.5 Å². The molecular formula is C35H40NSSi+. The first-order valence-electron chi connectivity index (χ1n) is 14.0. The minimum absolute atomic E-state index is 0.0638. The molecule has 0 bridgehead atoms. The molecule has 38 heavy (non-hydrogen) atoms. The molecule has 0 fully saturated rings. The number of nitrogens with zero attached hydrogens (tertiary/aromatic N) is 1. The standard InChI is InChI=1S/C35H40NSSi/c1-21-23(3)36-19-18-26-22(2)33(24-14-16-25(17-15-24)38(7,8)9)37-34(26)32(36)29-20-30(35(4,5)6)27-12-10-11-13-28(27)31(21)29/h10-21,23H,1-9H3/q+1. The Morgan fingerprint density at radius 2 is 1.50 bits per heavy atom. The highest BCUT2D eigenvalue weighted by Gasteiger charge is 2.39. The van der Waals surface area contributed by atoms with Crippen LogP contribution >= 0.6 is 11.3 Å². The van der Waals surface area contributed by atoms with E-state index in [9.17, 15) is 0 Å². The Labute approximate surface area is 233 Å². The van der Waals surface area contributed by atoms with Gasteiger partial charge in [0, 0.05) is 22.2 Å². The number of aryl methyl sites for hydroxylation is 1. The predicted molar refractivity (Wildman–Crippen MR) is 170 cm³/mol. The molecule has 2 unspecified atom stereocenters. The molecule has 1 aliphatic rings. The molecule has 0 radical (unpaired) electrons. The summed E-state index contributed by atoms with van der Waals surface area (Å²) in [5.41, 5.74) is 8.58. The molecule has 3 heterocycles. The van der Waals surface area contributed by atoms with Gasteiger partial charge in [-0.3, -0.25) is 0 Å². The van der Waals surface area contributed by atoms with Crippen molar-refractivity contribution in [3.8, 4) is 21.7 Å². The van der Waals surface area contributed by atoms with E-state index in [2.05, 4.69) is 133 Å². The number of hydrogen-bond acceptors (Lipinski definition) is 1. The maximum Gasteiger partial charge on any atom is 0.231 e. The first-order valence-corrected chi connectivity index (χ1v) is 18.3. The van der Waals surface area contributed by atoms with Crippen molar-refractivity contribution in [2.24, 2.45) is 0 Å². The van der Waals surface area contributed by atoms with Crippen LogP contribution in [0.5, 0.6) is 0 Å². The Kier molecular flexibility index (Phi) is 5.79. The molecule has 2 aromatic heterocycles. The smallest absolute Gasteiger partial charge is 0.194 e. The second-order valence-corrected chi connectivity index (χ2v) is 19.5. The first-order chi connectivity index (χ1) is 17.9. The van der Waals surface area contributed by atoms with E-state index in [4.69, 9.17) is 0 Å². The lowest BCUT2D eigenvalue weighted by molar-refractivity contribution is -0.713. The third-order valence-corrected chi connectivity index (χ3v) is 12.3. The van der Waals surface area contributed by atoms with Crippen molar-refractivity contribution < 1.29 is 4.57 Å². The van der Waals surface area contributed by atoms with E-state index >= 15 is 0 Å². The Balaban J connectivity index is 1.66. The largest absolute Gasteiger partial charge is 0.231 e. The molecular weight excluding hydrogens is 495 g/mol. The van der Waals surface area contributed by atoms with Crippen LogP contribution in [0.25, 0.3) is 42.6 Å². The third-order valence-electron chi connectivity index (χ3n) is 8.85. The molecule has 2 atom stereocenters. The molecule has 1 aliphatic heterocycles. The second kappa shape index (κ2) is 8.63. The zero-order chi connectivity index (χ0) is 27.1. The van der Waals surface area contributed by atoms with E-state index in [-0.39, 0.29) is 5.41 Å². The molecule has 0 spiro atoms. The maximum absolute atomic E-state index is 2.56. The van der Waals surface area contributed by atoms with E-state index < -0.39 is 8.07 Å². The molecule has 194 valence electrons. The second-order valence-electron chi connectivity index (χ2n) is 13.4. The predicted octanol–water partition coefficient (Wildman–Crippen LogP) is 9.51. The summed E-state index contributed by atoms with van der Waals surface area (Å²) >= 11 is 1.98. The van der Waals surface area contributed by atoms with E-state index in [1.54, 1.807) is 0 Å². The van der Waals surface area contributed by atoms with Crippen molar-refractivity contribution in [1.29, 1.82) is 0 Å². The third kappa shape index (κ3) is 3.81. The Hall–Kier alpha value is -2.75. The van der Waals surface area contributed by atoms with Gasteiger partial charge < -0.3 is 0 Å². The quantitative estimate of drug-likeness (QED) is 0.157. The van der Waals surface area contributed by atoms with Crippen LogP contribution in [0.3, 0.4) is 0 Å². The van der Waals surface area contributed by atoms with Crippen molar-refractivity contribution in [3.05, 3.63) is 83.6 Å². The number of thiophene rings is 1. The SMILES string of the molecule is Cc1c(-c2ccc([Si](C)(C)C)cc2)sc2c3[n+](ccc12)C(C)C(C)c1c-3cc(C(C)(C)C)c2ccccc12. The van der Waals surface area contributed by atoms with Crippen molar-refractivity contribution in [2.75, 3.05) is 0 Å². The Bertz CT molecular complexity index is 1710. The van der Waals surface area contributed by atoms with Gasteiger partial charge in [-0.2, -0.15) is 4.57 Å². The van der Waals surface area contributed by atoms with Gasteiger partial charge in [-0.15, -0.1) is 11.3 Å². The zero-order valence-corrected chi connectivity index (χ0v) is 26.2. The average Bonchev–Trinajstić information content (AvgIpc) is 3.21. The van der Waals surface area contributed by atoms with Gasteiger partial charge in [0.15, 0.2) is 12.2 Å². The molecule has 0 saturated carbocycles. The summed E-state index contributed by atoms with van der Waals surface area (Å²) < 4.78 is 3.98. The van der Waals surface area contributed by atoms with Crippen LogP contribution in [0.2, 0.25) is 19.6 Å². The van der Waals surface area contributed by atoms with Crippen LogP contribution in [0, 0.1) is 6.92 Å². The van der Waals surface area contributed by atoms with E-state index in [1.807, 2.05) is 11.3 Å². The zero-order valence-electron chi connectivity index (χ0n) is 24.4.